The second-order valence-electron chi connectivity index (χ2n) is 3.73. The third-order valence-electron chi connectivity index (χ3n) is 2.32. The topological polar surface area (TPSA) is 63.1 Å². The molecule has 0 saturated carbocycles. The van der Waals surface area contributed by atoms with Crippen molar-refractivity contribution in [1.29, 1.82) is 0 Å². The lowest BCUT2D eigenvalue weighted by molar-refractivity contribution is -0.136. The van der Waals surface area contributed by atoms with Crippen molar-refractivity contribution in [1.82, 2.24) is 9.97 Å². The van der Waals surface area contributed by atoms with Gasteiger partial charge in [-0.3, -0.25) is 4.79 Å². The number of carboxylic acids is 1. The van der Waals surface area contributed by atoms with Gasteiger partial charge >= 0.3 is 5.97 Å². The van der Waals surface area contributed by atoms with Crippen LogP contribution in [0.15, 0.2) is 47.8 Å². The molecule has 1 aromatic heterocycles. The SMILES string of the molecule is Cc1ccnc(S[C@H](C(=O)O)c2ccccc2)n1. The minimum atomic E-state index is -0.892. The lowest BCUT2D eigenvalue weighted by Crippen LogP contribution is -2.08. The molecule has 0 bridgehead atoms. The molecule has 1 aromatic carbocycles. The highest BCUT2D eigenvalue weighted by Gasteiger charge is 2.22. The Morgan fingerprint density at radius 1 is 1.28 bits per heavy atom. The van der Waals surface area contributed by atoms with Crippen LogP contribution in [0.5, 0.6) is 0 Å². The normalized spacial score (nSPS) is 12.1. The zero-order valence-electron chi connectivity index (χ0n) is 9.78. The lowest BCUT2D eigenvalue weighted by Gasteiger charge is -2.11. The molecule has 1 atom stereocenters. The Morgan fingerprint density at radius 3 is 2.61 bits per heavy atom. The number of aliphatic carboxylic acids is 1. The highest BCUT2D eigenvalue weighted by atomic mass is 32.2. The largest absolute Gasteiger partial charge is 0.480 e. The first-order valence-corrected chi connectivity index (χ1v) is 6.29. The first kappa shape index (κ1) is 12.6. The van der Waals surface area contributed by atoms with Crippen LogP contribution in [0, 0.1) is 6.92 Å². The summed E-state index contributed by atoms with van der Waals surface area (Å²) >= 11 is 1.14. The molecule has 0 radical (unpaired) electrons. The Kier molecular flexibility index (Phi) is 3.94. The Labute approximate surface area is 109 Å². The van der Waals surface area contributed by atoms with E-state index in [-0.39, 0.29) is 0 Å². The fourth-order valence-electron chi connectivity index (χ4n) is 1.48. The van der Waals surface area contributed by atoms with Gasteiger partial charge in [-0.2, -0.15) is 0 Å². The van der Waals surface area contributed by atoms with Crippen LogP contribution in [0.1, 0.15) is 16.5 Å². The van der Waals surface area contributed by atoms with Crippen LogP contribution < -0.4 is 0 Å². The Hall–Kier alpha value is -1.88. The lowest BCUT2D eigenvalue weighted by atomic mass is 10.1. The van der Waals surface area contributed by atoms with Crippen LogP contribution in [0.3, 0.4) is 0 Å². The number of thioether (sulfide) groups is 1. The maximum absolute atomic E-state index is 11.3. The molecule has 1 heterocycles. The van der Waals surface area contributed by atoms with Gasteiger partial charge in [0.15, 0.2) is 5.16 Å². The predicted molar refractivity (Wildman–Crippen MR) is 69.4 cm³/mol. The van der Waals surface area contributed by atoms with Crippen LogP contribution in [-0.2, 0) is 4.79 Å². The quantitative estimate of drug-likeness (QED) is 0.676. The number of carbonyl (C=O) groups is 1. The van der Waals surface area contributed by atoms with Gasteiger partial charge in [-0.1, -0.05) is 42.1 Å². The van der Waals surface area contributed by atoms with Crippen molar-refractivity contribution in [2.24, 2.45) is 0 Å². The minimum absolute atomic E-state index is 0.478. The molecule has 5 heteroatoms. The molecule has 1 N–H and O–H groups in total. The van der Waals surface area contributed by atoms with E-state index in [0.29, 0.717) is 5.16 Å². The minimum Gasteiger partial charge on any atom is -0.480 e. The molecule has 18 heavy (non-hydrogen) atoms. The summed E-state index contributed by atoms with van der Waals surface area (Å²) in [4.78, 5) is 19.6. The third kappa shape index (κ3) is 3.07. The zero-order valence-corrected chi connectivity index (χ0v) is 10.6. The molecule has 2 aromatic rings. The summed E-state index contributed by atoms with van der Waals surface area (Å²) in [6.07, 6.45) is 1.63. The molecule has 0 fully saturated rings. The Morgan fingerprint density at radius 2 is 2.00 bits per heavy atom. The fraction of sp³-hybridized carbons (Fsp3) is 0.154. The number of aryl methyl sites for hydroxylation is 1. The van der Waals surface area contributed by atoms with E-state index in [1.807, 2.05) is 25.1 Å². The molecule has 0 amide bonds. The molecule has 4 nitrogen and oxygen atoms in total. The molecular weight excluding hydrogens is 248 g/mol. The van der Waals surface area contributed by atoms with Gasteiger partial charge in [-0.15, -0.1) is 0 Å². The summed E-state index contributed by atoms with van der Waals surface area (Å²) < 4.78 is 0. The van der Waals surface area contributed by atoms with Crippen molar-refractivity contribution in [2.75, 3.05) is 0 Å². The monoisotopic (exact) mass is 260 g/mol. The molecule has 0 aliphatic heterocycles. The molecule has 0 spiro atoms. The summed E-state index contributed by atoms with van der Waals surface area (Å²) in [7, 11) is 0. The molecule has 0 unspecified atom stereocenters. The molecule has 92 valence electrons. The van der Waals surface area contributed by atoms with E-state index in [2.05, 4.69) is 9.97 Å². The highest BCUT2D eigenvalue weighted by Crippen LogP contribution is 2.33. The zero-order chi connectivity index (χ0) is 13.0. The second-order valence-corrected chi connectivity index (χ2v) is 4.80. The van der Waals surface area contributed by atoms with Gasteiger partial charge in [0.05, 0.1) is 0 Å². The number of benzene rings is 1. The average Bonchev–Trinajstić information content (AvgIpc) is 2.37. The number of rotatable bonds is 4. The molecule has 2 rings (SSSR count). The van der Waals surface area contributed by atoms with E-state index in [1.54, 1.807) is 24.4 Å². The first-order valence-electron chi connectivity index (χ1n) is 5.41. The van der Waals surface area contributed by atoms with Crippen molar-refractivity contribution in [3.63, 3.8) is 0 Å². The van der Waals surface area contributed by atoms with Crippen molar-refractivity contribution in [2.45, 2.75) is 17.3 Å². The smallest absolute Gasteiger partial charge is 0.321 e. The first-order chi connectivity index (χ1) is 8.66. The van der Waals surface area contributed by atoms with Gasteiger partial charge < -0.3 is 5.11 Å². The van der Waals surface area contributed by atoms with Crippen LogP contribution in [-0.4, -0.2) is 21.0 Å². The van der Waals surface area contributed by atoms with Crippen LogP contribution >= 0.6 is 11.8 Å². The van der Waals surface area contributed by atoms with Crippen molar-refractivity contribution < 1.29 is 9.90 Å². The van der Waals surface area contributed by atoms with Crippen molar-refractivity contribution in [3.8, 4) is 0 Å². The summed E-state index contributed by atoms with van der Waals surface area (Å²) in [6.45, 7) is 1.85. The van der Waals surface area contributed by atoms with Gasteiger partial charge in [0.2, 0.25) is 0 Å². The van der Waals surface area contributed by atoms with Gasteiger partial charge in [-0.25, -0.2) is 9.97 Å². The highest BCUT2D eigenvalue weighted by molar-refractivity contribution is 8.00. The fourth-order valence-corrected chi connectivity index (χ4v) is 2.40. The van der Waals surface area contributed by atoms with Crippen molar-refractivity contribution >= 4 is 17.7 Å². The van der Waals surface area contributed by atoms with E-state index in [1.165, 1.54) is 0 Å². The predicted octanol–water partition coefficient (Wildman–Crippen LogP) is 2.70. The number of nitrogens with zero attached hydrogens (tertiary/aromatic N) is 2. The number of hydrogen-bond donors (Lipinski definition) is 1. The molecule has 0 saturated heterocycles. The van der Waals surface area contributed by atoms with Gasteiger partial charge in [0.1, 0.15) is 5.25 Å². The molecule has 0 aliphatic carbocycles. The number of hydrogen-bond acceptors (Lipinski definition) is 4. The van der Waals surface area contributed by atoms with Crippen molar-refractivity contribution in [3.05, 3.63) is 53.9 Å². The molecule has 0 aliphatic rings. The van der Waals surface area contributed by atoms with Gasteiger partial charge in [0.25, 0.3) is 0 Å². The van der Waals surface area contributed by atoms with E-state index >= 15 is 0 Å². The second kappa shape index (κ2) is 5.64. The van der Waals surface area contributed by atoms with E-state index in [0.717, 1.165) is 23.0 Å². The summed E-state index contributed by atoms with van der Waals surface area (Å²) in [5, 5.41) is 9.07. The number of carboxylic acid groups (broad SMARTS) is 1. The summed E-state index contributed by atoms with van der Waals surface area (Å²) in [5.74, 6) is -0.892. The van der Waals surface area contributed by atoms with E-state index in [4.69, 9.17) is 0 Å². The summed E-state index contributed by atoms with van der Waals surface area (Å²) in [6, 6.07) is 10.9. The maximum Gasteiger partial charge on any atom is 0.321 e. The van der Waals surface area contributed by atoms with E-state index < -0.39 is 11.2 Å². The van der Waals surface area contributed by atoms with Crippen LogP contribution in [0.25, 0.3) is 0 Å². The molecular formula is C13H12N2O2S. The van der Waals surface area contributed by atoms with Gasteiger partial charge in [-0.05, 0) is 18.6 Å². The standard InChI is InChI=1S/C13H12N2O2S/c1-9-7-8-14-13(15-9)18-11(12(16)17)10-5-3-2-4-6-10/h2-8,11H,1H3,(H,16,17)/t11-/m0/s1. The summed E-state index contributed by atoms with van der Waals surface area (Å²) in [5.41, 5.74) is 1.56. The average molecular weight is 260 g/mol. The maximum atomic E-state index is 11.3. The van der Waals surface area contributed by atoms with E-state index in [9.17, 15) is 9.90 Å². The third-order valence-corrected chi connectivity index (χ3v) is 3.44. The van der Waals surface area contributed by atoms with Crippen LogP contribution in [0.4, 0.5) is 0 Å². The number of aromatic nitrogens is 2. The Balaban J connectivity index is 2.25. The Bertz CT molecular complexity index is 546. The van der Waals surface area contributed by atoms with Crippen LogP contribution in [0.2, 0.25) is 0 Å². The van der Waals surface area contributed by atoms with Gasteiger partial charge in [0, 0.05) is 11.9 Å².